The van der Waals surface area contributed by atoms with Gasteiger partial charge in [0, 0.05) is 21.3 Å². The summed E-state index contributed by atoms with van der Waals surface area (Å²) < 4.78 is 95.4. The van der Waals surface area contributed by atoms with E-state index in [0.717, 1.165) is 0 Å². The second-order valence-electron chi connectivity index (χ2n) is 6.31. The van der Waals surface area contributed by atoms with Crippen molar-refractivity contribution in [3.63, 3.8) is 0 Å². The Balaban J connectivity index is 2.58. The predicted octanol–water partition coefficient (Wildman–Crippen LogP) is 7.37. The second-order valence-corrected chi connectivity index (χ2v) is 7.64. The maximum Gasteiger partial charge on any atom is 0.434 e. The quantitative estimate of drug-likeness (QED) is 0.237. The molecule has 30 heavy (non-hydrogen) atoms. The highest BCUT2D eigenvalue weighted by Gasteiger charge is 2.72. The Bertz CT molecular complexity index is 957. The van der Waals surface area contributed by atoms with Crippen molar-refractivity contribution in [3.8, 4) is 0 Å². The molecule has 0 radical (unpaired) electrons. The van der Waals surface area contributed by atoms with Crippen LogP contribution in [0.5, 0.6) is 0 Å². The highest BCUT2D eigenvalue weighted by molar-refractivity contribution is 9.10. The third-order valence-electron chi connectivity index (χ3n) is 4.36. The van der Waals surface area contributed by atoms with E-state index in [1.54, 1.807) is 0 Å². The zero-order valence-electron chi connectivity index (χ0n) is 15.3. The molecule has 1 unspecified atom stereocenters. The number of hydrogen-bond acceptors (Lipinski definition) is 2. The van der Waals surface area contributed by atoms with Gasteiger partial charge in [0.05, 0.1) is 11.4 Å². The summed E-state index contributed by atoms with van der Waals surface area (Å²) in [6.07, 6.45) is -5.98. The molecule has 2 aromatic carbocycles. The molecular weight excluding hydrogens is 505 g/mol. The lowest BCUT2D eigenvalue weighted by Crippen LogP contribution is -2.49. The maximum absolute atomic E-state index is 14.7. The number of nitrogens with two attached hydrogens (primary N) is 1. The Labute approximate surface area is 181 Å². The van der Waals surface area contributed by atoms with E-state index in [2.05, 4.69) is 39.4 Å². The van der Waals surface area contributed by atoms with Crippen LogP contribution in [0.2, 0.25) is 0 Å². The zero-order valence-corrected chi connectivity index (χ0v) is 17.6. The number of halogens is 9. The SMILES string of the molecule is C=C(Nc1c(Br)cc(C(F)(C(F)(F)F)C(F)(F)Cl)cc1CC)c1cccc(N)c1F. The molecule has 3 N–H and O–H groups in total. The van der Waals surface area contributed by atoms with Crippen LogP contribution >= 0.6 is 27.5 Å². The standard InChI is InChI=1S/C19H15BrClF7N2/c1-3-10-7-11(17(23,18(21,24)25)19(26,27)28)8-13(20)16(10)30-9(2)12-5-4-6-14(29)15(12)22/h4-8,30H,2-3,29H2,1H3. The average Bonchev–Trinajstić information content (AvgIpc) is 2.62. The number of alkyl halides is 7. The fourth-order valence-electron chi connectivity index (χ4n) is 2.77. The minimum atomic E-state index is -5.99. The lowest BCUT2D eigenvalue weighted by Gasteiger charge is -2.32. The molecule has 2 aromatic rings. The van der Waals surface area contributed by atoms with Gasteiger partial charge in [-0.15, -0.1) is 0 Å². The first kappa shape index (κ1) is 24.3. The van der Waals surface area contributed by atoms with Crippen molar-refractivity contribution in [2.45, 2.75) is 30.6 Å². The third-order valence-corrected chi connectivity index (χ3v) is 5.25. The molecule has 0 amide bonds. The van der Waals surface area contributed by atoms with Crippen LogP contribution in [0.25, 0.3) is 5.70 Å². The molecule has 11 heteroatoms. The first-order valence-corrected chi connectivity index (χ1v) is 9.47. The summed E-state index contributed by atoms with van der Waals surface area (Å²) in [6, 6.07) is 5.30. The molecule has 0 saturated heterocycles. The van der Waals surface area contributed by atoms with Crippen molar-refractivity contribution in [2.75, 3.05) is 11.1 Å². The van der Waals surface area contributed by atoms with Crippen molar-refractivity contribution in [1.82, 2.24) is 0 Å². The Kier molecular flexibility index (Phi) is 6.73. The van der Waals surface area contributed by atoms with E-state index < -0.39 is 28.6 Å². The largest absolute Gasteiger partial charge is 0.434 e. The van der Waals surface area contributed by atoms with Crippen molar-refractivity contribution < 1.29 is 30.7 Å². The van der Waals surface area contributed by atoms with Gasteiger partial charge in [0.15, 0.2) is 5.82 Å². The molecule has 0 aliphatic heterocycles. The number of rotatable bonds is 6. The normalized spacial score (nSPS) is 14.3. The predicted molar refractivity (Wildman–Crippen MR) is 107 cm³/mol. The lowest BCUT2D eigenvalue weighted by atomic mass is 9.92. The molecule has 1 atom stereocenters. The van der Waals surface area contributed by atoms with Crippen molar-refractivity contribution in [1.29, 1.82) is 0 Å². The second kappa shape index (κ2) is 8.30. The lowest BCUT2D eigenvalue weighted by molar-refractivity contribution is -0.286. The molecule has 164 valence electrons. The van der Waals surface area contributed by atoms with Crippen LogP contribution in [0.1, 0.15) is 23.6 Å². The number of nitrogen functional groups attached to an aromatic ring is 1. The minimum absolute atomic E-state index is 0.00652. The Morgan fingerprint density at radius 1 is 1.17 bits per heavy atom. The molecule has 2 rings (SSSR count). The Morgan fingerprint density at radius 2 is 1.77 bits per heavy atom. The summed E-state index contributed by atoms with van der Waals surface area (Å²) in [6.45, 7) is 5.17. The fraction of sp³-hybridized carbons (Fsp3) is 0.263. The molecule has 0 heterocycles. The number of benzene rings is 2. The van der Waals surface area contributed by atoms with E-state index in [9.17, 15) is 30.7 Å². The van der Waals surface area contributed by atoms with E-state index in [1.807, 2.05) is 0 Å². The van der Waals surface area contributed by atoms with Crippen LogP contribution in [-0.2, 0) is 12.1 Å². The third kappa shape index (κ3) is 4.25. The van der Waals surface area contributed by atoms with E-state index >= 15 is 0 Å². The summed E-state index contributed by atoms with van der Waals surface area (Å²) >= 11 is 7.47. The van der Waals surface area contributed by atoms with Gasteiger partial charge in [-0.1, -0.05) is 19.6 Å². The summed E-state index contributed by atoms with van der Waals surface area (Å²) in [4.78, 5) is 0. The van der Waals surface area contributed by atoms with Crippen LogP contribution in [0.3, 0.4) is 0 Å². The highest BCUT2D eigenvalue weighted by atomic mass is 79.9. The van der Waals surface area contributed by atoms with Gasteiger partial charge in [0.2, 0.25) is 0 Å². The van der Waals surface area contributed by atoms with E-state index in [0.29, 0.717) is 12.1 Å². The monoisotopic (exact) mass is 518 g/mol. The molecule has 0 spiro atoms. The number of nitrogens with one attached hydrogen (secondary N) is 1. The summed E-state index contributed by atoms with van der Waals surface area (Å²) in [7, 11) is 0. The van der Waals surface area contributed by atoms with Gasteiger partial charge < -0.3 is 11.1 Å². The summed E-state index contributed by atoms with van der Waals surface area (Å²) in [5, 5.41) is -2.56. The van der Waals surface area contributed by atoms with Crippen LogP contribution in [-0.4, -0.2) is 11.6 Å². The van der Waals surface area contributed by atoms with Gasteiger partial charge in [-0.05, 0) is 63.8 Å². The van der Waals surface area contributed by atoms with Crippen LogP contribution in [0.4, 0.5) is 42.1 Å². The number of anilines is 2. The average molecular weight is 520 g/mol. The highest BCUT2D eigenvalue weighted by Crippen LogP contribution is 2.55. The molecule has 2 nitrogen and oxygen atoms in total. The van der Waals surface area contributed by atoms with Crippen molar-refractivity contribution >= 4 is 44.6 Å². The van der Waals surface area contributed by atoms with Gasteiger partial charge >= 0.3 is 17.2 Å². The fourth-order valence-corrected chi connectivity index (χ4v) is 3.59. The minimum Gasteiger partial charge on any atom is -0.396 e. The van der Waals surface area contributed by atoms with E-state index in [-0.39, 0.29) is 39.1 Å². The van der Waals surface area contributed by atoms with E-state index in [1.165, 1.54) is 25.1 Å². The van der Waals surface area contributed by atoms with Crippen LogP contribution in [0.15, 0.2) is 41.4 Å². The van der Waals surface area contributed by atoms with Crippen LogP contribution < -0.4 is 11.1 Å². The van der Waals surface area contributed by atoms with Crippen molar-refractivity contribution in [2.24, 2.45) is 0 Å². The van der Waals surface area contributed by atoms with Crippen LogP contribution in [0, 0.1) is 5.82 Å². The number of aryl methyl sites for hydroxylation is 1. The van der Waals surface area contributed by atoms with Gasteiger partial charge in [0.1, 0.15) is 0 Å². The first-order valence-electron chi connectivity index (χ1n) is 8.30. The van der Waals surface area contributed by atoms with Crippen molar-refractivity contribution in [3.05, 3.63) is 63.9 Å². The molecule has 0 saturated carbocycles. The molecule has 0 aliphatic carbocycles. The zero-order chi connectivity index (χ0) is 23.1. The van der Waals surface area contributed by atoms with Gasteiger partial charge in [0.25, 0.3) is 0 Å². The molecule has 0 fully saturated rings. The Hall–Kier alpha value is -1.94. The van der Waals surface area contributed by atoms with E-state index in [4.69, 9.17) is 5.73 Å². The van der Waals surface area contributed by atoms with Gasteiger partial charge in [-0.2, -0.15) is 22.0 Å². The molecule has 0 bridgehead atoms. The Morgan fingerprint density at radius 3 is 2.27 bits per heavy atom. The smallest absolute Gasteiger partial charge is 0.396 e. The first-order chi connectivity index (χ1) is 13.6. The number of hydrogen-bond donors (Lipinski definition) is 2. The molecule has 0 aliphatic rings. The topological polar surface area (TPSA) is 38.0 Å². The summed E-state index contributed by atoms with van der Waals surface area (Å²) in [5.74, 6) is -0.776. The maximum atomic E-state index is 14.7. The van der Waals surface area contributed by atoms with Gasteiger partial charge in [-0.3, -0.25) is 0 Å². The molecule has 0 aromatic heterocycles. The summed E-state index contributed by atoms with van der Waals surface area (Å²) in [5.41, 5.74) is -1.08. The molecular formula is C19H15BrClF7N2. The van der Waals surface area contributed by atoms with Gasteiger partial charge in [-0.25, -0.2) is 8.78 Å².